The van der Waals surface area contributed by atoms with Gasteiger partial charge in [0.1, 0.15) is 0 Å². The van der Waals surface area contributed by atoms with Crippen molar-refractivity contribution in [2.45, 2.75) is 19.5 Å². The number of nitrogens with two attached hydrogens (primary N) is 1. The van der Waals surface area contributed by atoms with Crippen molar-refractivity contribution in [1.29, 1.82) is 0 Å². The van der Waals surface area contributed by atoms with Gasteiger partial charge in [0.25, 0.3) is 0 Å². The third kappa shape index (κ3) is 4.61. The predicted octanol–water partition coefficient (Wildman–Crippen LogP) is 1.31. The highest BCUT2D eigenvalue weighted by Gasteiger charge is 2.03. The summed E-state index contributed by atoms with van der Waals surface area (Å²) in [5.74, 6) is 0.409. The van der Waals surface area contributed by atoms with Crippen molar-refractivity contribution in [1.82, 2.24) is 15.1 Å². The molecule has 0 aliphatic carbocycles. The van der Waals surface area contributed by atoms with Gasteiger partial charge in [0.15, 0.2) is 5.96 Å². The lowest BCUT2D eigenvalue weighted by molar-refractivity contribution is 0.179. The lowest BCUT2D eigenvalue weighted by Crippen LogP contribution is -2.40. The Labute approximate surface area is 124 Å². The molecule has 21 heavy (non-hydrogen) atoms. The summed E-state index contributed by atoms with van der Waals surface area (Å²) >= 11 is 0. The minimum Gasteiger partial charge on any atom is -0.383 e. The maximum atomic E-state index is 5.83. The van der Waals surface area contributed by atoms with Gasteiger partial charge < -0.3 is 15.8 Å². The molecule has 1 aromatic heterocycles. The van der Waals surface area contributed by atoms with Gasteiger partial charge in [-0.15, -0.1) is 0 Å². The smallest absolute Gasteiger partial charge is 0.189 e. The monoisotopic (exact) mass is 287 g/mol. The Morgan fingerprint density at radius 2 is 2.19 bits per heavy atom. The van der Waals surface area contributed by atoms with E-state index in [1.165, 1.54) is 0 Å². The molecule has 0 radical (unpaired) electrons. The van der Waals surface area contributed by atoms with Crippen LogP contribution < -0.4 is 11.1 Å². The van der Waals surface area contributed by atoms with Crippen molar-refractivity contribution in [2.75, 3.05) is 13.7 Å². The Morgan fingerprint density at radius 1 is 1.43 bits per heavy atom. The van der Waals surface area contributed by atoms with E-state index in [-0.39, 0.29) is 6.04 Å². The molecule has 6 heteroatoms. The maximum absolute atomic E-state index is 5.83. The number of nitrogens with one attached hydrogen (secondary N) is 1. The highest BCUT2D eigenvalue weighted by molar-refractivity contribution is 5.78. The summed E-state index contributed by atoms with van der Waals surface area (Å²) in [5.41, 5.74) is 7.85. The fourth-order valence-electron chi connectivity index (χ4n) is 1.93. The third-order valence-electron chi connectivity index (χ3n) is 2.90. The second-order valence-electron chi connectivity index (χ2n) is 4.83. The lowest BCUT2D eigenvalue weighted by atomic mass is 10.3. The number of para-hydroxylation sites is 1. The Balaban J connectivity index is 1.94. The molecule has 0 aliphatic heterocycles. The fraction of sp³-hybridized carbons (Fsp3) is 0.333. The Kier molecular flexibility index (Phi) is 5.34. The van der Waals surface area contributed by atoms with E-state index in [4.69, 9.17) is 10.5 Å². The molecule has 1 atom stereocenters. The van der Waals surface area contributed by atoms with E-state index in [2.05, 4.69) is 15.4 Å². The number of guanidine groups is 1. The van der Waals surface area contributed by atoms with Crippen molar-refractivity contribution in [3.05, 3.63) is 48.3 Å². The van der Waals surface area contributed by atoms with Crippen LogP contribution >= 0.6 is 0 Å². The molecule has 1 heterocycles. The minimum absolute atomic E-state index is 0.130. The summed E-state index contributed by atoms with van der Waals surface area (Å²) in [5, 5.41) is 7.39. The Bertz CT molecular complexity index is 579. The van der Waals surface area contributed by atoms with Gasteiger partial charge in [0, 0.05) is 24.9 Å². The second-order valence-corrected chi connectivity index (χ2v) is 4.83. The van der Waals surface area contributed by atoms with Gasteiger partial charge in [-0.25, -0.2) is 9.67 Å². The minimum atomic E-state index is 0.130. The molecule has 3 N–H and O–H groups in total. The number of hydrogen-bond donors (Lipinski definition) is 2. The summed E-state index contributed by atoms with van der Waals surface area (Å²) in [6.45, 7) is 3.06. The molecule has 0 saturated carbocycles. The van der Waals surface area contributed by atoms with Gasteiger partial charge in [0.2, 0.25) is 0 Å². The SMILES string of the molecule is COCC(C)NC(N)=NCc1cnn(-c2ccccc2)c1. The molecule has 0 amide bonds. The van der Waals surface area contributed by atoms with Gasteiger partial charge in [-0.1, -0.05) is 18.2 Å². The first kappa shape index (κ1) is 15.1. The van der Waals surface area contributed by atoms with Crippen LogP contribution in [0.4, 0.5) is 0 Å². The fourth-order valence-corrected chi connectivity index (χ4v) is 1.93. The molecular formula is C15H21N5O. The van der Waals surface area contributed by atoms with Crippen LogP contribution in [0.1, 0.15) is 12.5 Å². The molecule has 1 aromatic carbocycles. The summed E-state index contributed by atoms with van der Waals surface area (Å²) in [6.07, 6.45) is 3.74. The molecule has 0 spiro atoms. The normalized spacial score (nSPS) is 13.1. The molecule has 0 fully saturated rings. The van der Waals surface area contributed by atoms with Crippen molar-refractivity contribution in [3.8, 4) is 5.69 Å². The molecule has 6 nitrogen and oxygen atoms in total. The second kappa shape index (κ2) is 7.44. The molecule has 2 rings (SSSR count). The highest BCUT2D eigenvalue weighted by Crippen LogP contribution is 2.08. The van der Waals surface area contributed by atoms with Crippen LogP contribution in [0, 0.1) is 0 Å². The topological polar surface area (TPSA) is 77.5 Å². The van der Waals surface area contributed by atoms with E-state index < -0.39 is 0 Å². The van der Waals surface area contributed by atoms with Gasteiger partial charge in [-0.2, -0.15) is 5.10 Å². The molecule has 2 aromatic rings. The van der Waals surface area contributed by atoms with E-state index >= 15 is 0 Å². The zero-order chi connectivity index (χ0) is 15.1. The van der Waals surface area contributed by atoms with E-state index in [9.17, 15) is 0 Å². The number of aromatic nitrogens is 2. The number of methoxy groups -OCH3 is 1. The molecular weight excluding hydrogens is 266 g/mol. The van der Waals surface area contributed by atoms with E-state index in [1.807, 2.05) is 48.1 Å². The van der Waals surface area contributed by atoms with Crippen molar-refractivity contribution in [2.24, 2.45) is 10.7 Å². The zero-order valence-corrected chi connectivity index (χ0v) is 12.4. The highest BCUT2D eigenvalue weighted by atomic mass is 16.5. The van der Waals surface area contributed by atoms with Crippen LogP contribution in [-0.4, -0.2) is 35.5 Å². The van der Waals surface area contributed by atoms with E-state index in [0.717, 1.165) is 11.3 Å². The summed E-state index contributed by atoms with van der Waals surface area (Å²) in [7, 11) is 1.66. The van der Waals surface area contributed by atoms with Gasteiger partial charge >= 0.3 is 0 Å². The third-order valence-corrected chi connectivity index (χ3v) is 2.90. The first-order valence-corrected chi connectivity index (χ1v) is 6.83. The first-order chi connectivity index (χ1) is 10.2. The number of ether oxygens (including phenoxy) is 1. The number of benzene rings is 1. The number of aliphatic imine (C=N–C) groups is 1. The van der Waals surface area contributed by atoms with Crippen LogP contribution in [0.25, 0.3) is 5.69 Å². The van der Waals surface area contributed by atoms with Crippen molar-refractivity contribution >= 4 is 5.96 Å². The van der Waals surface area contributed by atoms with Crippen molar-refractivity contribution < 1.29 is 4.74 Å². The molecule has 0 aliphatic rings. The lowest BCUT2D eigenvalue weighted by Gasteiger charge is -2.12. The number of hydrogen-bond acceptors (Lipinski definition) is 3. The summed E-state index contributed by atoms with van der Waals surface area (Å²) in [6, 6.07) is 10.1. The van der Waals surface area contributed by atoms with Crippen LogP contribution in [-0.2, 0) is 11.3 Å². The molecule has 1 unspecified atom stereocenters. The zero-order valence-electron chi connectivity index (χ0n) is 12.4. The average molecular weight is 287 g/mol. The van der Waals surface area contributed by atoms with Crippen LogP contribution in [0.2, 0.25) is 0 Å². The molecule has 0 saturated heterocycles. The van der Waals surface area contributed by atoms with Crippen LogP contribution in [0.3, 0.4) is 0 Å². The van der Waals surface area contributed by atoms with Crippen LogP contribution in [0.15, 0.2) is 47.7 Å². The predicted molar refractivity (Wildman–Crippen MR) is 83.4 cm³/mol. The number of rotatable bonds is 6. The van der Waals surface area contributed by atoms with Crippen molar-refractivity contribution in [3.63, 3.8) is 0 Å². The number of nitrogens with zero attached hydrogens (tertiary/aromatic N) is 3. The molecule has 112 valence electrons. The van der Waals surface area contributed by atoms with Gasteiger partial charge in [0.05, 0.1) is 25.0 Å². The summed E-state index contributed by atoms with van der Waals surface area (Å²) in [4.78, 5) is 4.30. The Morgan fingerprint density at radius 3 is 2.90 bits per heavy atom. The van der Waals surface area contributed by atoms with Gasteiger partial charge in [-0.05, 0) is 19.1 Å². The Hall–Kier alpha value is -2.34. The van der Waals surface area contributed by atoms with E-state index in [0.29, 0.717) is 19.1 Å². The first-order valence-electron chi connectivity index (χ1n) is 6.83. The largest absolute Gasteiger partial charge is 0.383 e. The van der Waals surface area contributed by atoms with Crippen LogP contribution in [0.5, 0.6) is 0 Å². The molecule has 0 bridgehead atoms. The maximum Gasteiger partial charge on any atom is 0.189 e. The quantitative estimate of drug-likeness (QED) is 0.620. The van der Waals surface area contributed by atoms with Gasteiger partial charge in [-0.3, -0.25) is 0 Å². The van der Waals surface area contributed by atoms with E-state index in [1.54, 1.807) is 13.3 Å². The standard InChI is InChI=1S/C15H21N5O/c1-12(11-21-2)19-15(16)17-8-13-9-18-20(10-13)14-6-4-3-5-7-14/h3-7,9-10,12H,8,11H2,1-2H3,(H3,16,17,19). The average Bonchev–Trinajstić information content (AvgIpc) is 2.95. The summed E-state index contributed by atoms with van der Waals surface area (Å²) < 4.78 is 6.85.